The first-order chi connectivity index (χ1) is 15.5. The third-order valence-corrected chi connectivity index (χ3v) is 6.93. The molecule has 32 heavy (non-hydrogen) atoms. The Kier molecular flexibility index (Phi) is 5.13. The van der Waals surface area contributed by atoms with Gasteiger partial charge in [-0.2, -0.15) is 0 Å². The lowest BCUT2D eigenvalue weighted by molar-refractivity contribution is 0.0465. The average molecular weight is 451 g/mol. The molecule has 0 bridgehead atoms. The second kappa shape index (κ2) is 7.98. The van der Waals surface area contributed by atoms with Crippen LogP contribution in [0.15, 0.2) is 34.0 Å². The highest BCUT2D eigenvalue weighted by atomic mass is 32.1. The van der Waals surface area contributed by atoms with Gasteiger partial charge in [-0.3, -0.25) is 14.0 Å². The molecule has 5 rings (SSSR count). The average Bonchev–Trinajstić information content (AvgIpc) is 3.16. The number of hydrogen-bond acceptors (Lipinski definition) is 7. The molecule has 0 radical (unpaired) electrons. The summed E-state index contributed by atoms with van der Waals surface area (Å²) in [5.41, 5.74) is 2.11. The Bertz CT molecular complexity index is 1500. The minimum Gasteiger partial charge on any atom is -0.455 e. The Labute approximate surface area is 187 Å². The summed E-state index contributed by atoms with van der Waals surface area (Å²) in [6.45, 7) is 4.13. The van der Waals surface area contributed by atoms with E-state index in [4.69, 9.17) is 4.74 Å². The Morgan fingerprint density at radius 3 is 2.81 bits per heavy atom. The monoisotopic (exact) mass is 450 g/mol. The number of carbonyl (C=O) groups is 1. The summed E-state index contributed by atoms with van der Waals surface area (Å²) in [5, 5.41) is 0.369. The first-order valence-corrected chi connectivity index (χ1v) is 11.5. The molecule has 9 heteroatoms. The highest BCUT2D eigenvalue weighted by Crippen LogP contribution is 2.28. The minimum atomic E-state index is -0.743. The molecular formula is C23H22N4O4S. The zero-order chi connectivity index (χ0) is 22.4. The maximum Gasteiger partial charge on any atom is 0.344 e. The summed E-state index contributed by atoms with van der Waals surface area (Å²) in [4.78, 5) is 49.1. The van der Waals surface area contributed by atoms with Crippen molar-refractivity contribution in [2.24, 2.45) is 0 Å². The minimum absolute atomic E-state index is 0.0607. The number of ether oxygens (including phenoxy) is 1. The first-order valence-electron chi connectivity index (χ1n) is 10.7. The van der Waals surface area contributed by atoms with Gasteiger partial charge in [-0.1, -0.05) is 0 Å². The zero-order valence-corrected chi connectivity index (χ0v) is 18.7. The van der Waals surface area contributed by atoms with Crippen molar-refractivity contribution in [3.05, 3.63) is 72.5 Å². The number of nitrogens with zero attached hydrogens (tertiary/aromatic N) is 4. The molecular weight excluding hydrogens is 428 g/mol. The van der Waals surface area contributed by atoms with Crippen LogP contribution in [0.3, 0.4) is 0 Å². The van der Waals surface area contributed by atoms with Crippen molar-refractivity contribution >= 4 is 33.3 Å². The molecule has 0 aliphatic heterocycles. The smallest absolute Gasteiger partial charge is 0.344 e. The Balaban J connectivity index is 1.45. The maximum atomic E-state index is 12.9. The molecule has 0 saturated carbocycles. The normalized spacial score (nSPS) is 13.4. The molecule has 8 nitrogen and oxygen atoms in total. The highest BCUT2D eigenvalue weighted by molar-refractivity contribution is 7.17. The number of carbonyl (C=O) groups excluding carboxylic acids is 1. The van der Waals surface area contributed by atoms with Crippen molar-refractivity contribution in [3.8, 4) is 0 Å². The molecule has 0 aromatic carbocycles. The lowest BCUT2D eigenvalue weighted by atomic mass is 10.0. The fourth-order valence-corrected chi connectivity index (χ4v) is 5.41. The van der Waals surface area contributed by atoms with Crippen molar-refractivity contribution in [1.82, 2.24) is 18.9 Å². The number of rotatable bonds is 4. The summed E-state index contributed by atoms with van der Waals surface area (Å²) < 4.78 is 8.82. The lowest BCUT2D eigenvalue weighted by Gasteiger charge is -2.11. The number of aryl methyl sites for hydroxylation is 4. The molecule has 0 saturated heterocycles. The van der Waals surface area contributed by atoms with Crippen LogP contribution in [0, 0.1) is 6.92 Å². The van der Waals surface area contributed by atoms with Gasteiger partial charge in [0.05, 0.1) is 11.1 Å². The Hall–Kier alpha value is -3.33. The van der Waals surface area contributed by atoms with Crippen LogP contribution in [-0.2, 0) is 30.7 Å². The Morgan fingerprint density at radius 2 is 2.00 bits per heavy atom. The van der Waals surface area contributed by atoms with E-state index < -0.39 is 11.4 Å². The third-order valence-electron chi connectivity index (χ3n) is 5.79. The van der Waals surface area contributed by atoms with Gasteiger partial charge in [0.25, 0.3) is 5.56 Å². The van der Waals surface area contributed by atoms with Gasteiger partial charge in [-0.15, -0.1) is 11.3 Å². The Morgan fingerprint density at radius 1 is 1.19 bits per heavy atom. The van der Waals surface area contributed by atoms with Crippen LogP contribution < -0.4 is 11.0 Å². The van der Waals surface area contributed by atoms with Gasteiger partial charge in [-0.05, 0) is 51.7 Å². The molecule has 4 heterocycles. The second-order valence-corrected chi connectivity index (χ2v) is 9.00. The van der Waals surface area contributed by atoms with E-state index in [1.807, 2.05) is 13.8 Å². The van der Waals surface area contributed by atoms with E-state index in [1.165, 1.54) is 28.5 Å². The fourth-order valence-electron chi connectivity index (χ4n) is 4.18. The van der Waals surface area contributed by atoms with Crippen LogP contribution in [-0.4, -0.2) is 24.9 Å². The third kappa shape index (κ3) is 3.42. The van der Waals surface area contributed by atoms with E-state index >= 15 is 0 Å². The topological polar surface area (TPSA) is 95.6 Å². The van der Waals surface area contributed by atoms with E-state index in [9.17, 15) is 14.4 Å². The van der Waals surface area contributed by atoms with Gasteiger partial charge >= 0.3 is 5.97 Å². The van der Waals surface area contributed by atoms with Gasteiger partial charge in [-0.25, -0.2) is 14.8 Å². The molecule has 0 atom stereocenters. The predicted molar refractivity (Wildman–Crippen MR) is 122 cm³/mol. The van der Waals surface area contributed by atoms with Gasteiger partial charge in [0, 0.05) is 35.1 Å². The van der Waals surface area contributed by atoms with Crippen molar-refractivity contribution in [3.63, 3.8) is 0 Å². The highest BCUT2D eigenvalue weighted by Gasteiger charge is 2.20. The van der Waals surface area contributed by atoms with Crippen molar-refractivity contribution in [2.45, 2.75) is 52.7 Å². The number of aromatic nitrogens is 4. The molecule has 1 aliphatic rings. The summed E-state index contributed by atoms with van der Waals surface area (Å²) in [7, 11) is 0. The van der Waals surface area contributed by atoms with E-state index in [1.54, 1.807) is 21.1 Å². The van der Waals surface area contributed by atoms with E-state index in [2.05, 4.69) is 9.97 Å². The molecule has 4 aromatic heterocycles. The number of fused-ring (bicyclic) bond motifs is 4. The molecule has 1 aliphatic carbocycles. The molecule has 0 unspecified atom stereocenters. The summed E-state index contributed by atoms with van der Waals surface area (Å²) in [6.07, 6.45) is 5.52. The summed E-state index contributed by atoms with van der Waals surface area (Å²) in [5.74, 6) is -0.743. The quantitative estimate of drug-likeness (QED) is 0.444. The molecule has 0 fully saturated rings. The van der Waals surface area contributed by atoms with Crippen molar-refractivity contribution < 1.29 is 9.53 Å². The van der Waals surface area contributed by atoms with Crippen LogP contribution >= 0.6 is 11.3 Å². The summed E-state index contributed by atoms with van der Waals surface area (Å²) >= 11 is 1.52. The molecule has 164 valence electrons. The maximum absolute atomic E-state index is 12.9. The van der Waals surface area contributed by atoms with Gasteiger partial charge in [0.2, 0.25) is 5.43 Å². The van der Waals surface area contributed by atoms with Gasteiger partial charge in [0.15, 0.2) is 4.96 Å². The zero-order valence-electron chi connectivity index (χ0n) is 17.9. The van der Waals surface area contributed by atoms with Crippen LogP contribution in [0.25, 0.3) is 16.0 Å². The number of thiazole rings is 1. The number of hydrogen-bond donors (Lipinski definition) is 0. The first kappa shape index (κ1) is 20.6. The largest absolute Gasteiger partial charge is 0.455 e. The predicted octanol–water partition coefficient (Wildman–Crippen LogP) is 3.03. The van der Waals surface area contributed by atoms with Crippen LogP contribution in [0.4, 0.5) is 0 Å². The fraction of sp³-hybridized carbons (Fsp3) is 0.348. The molecule has 0 amide bonds. The molecule has 0 N–H and O–H groups in total. The van der Waals surface area contributed by atoms with Crippen molar-refractivity contribution in [1.29, 1.82) is 0 Å². The SMILES string of the molecule is CCn1cc(C(=O)OCc2cc(=O)n3c4c(sc3n2)CCCC4)c(=O)c2ccc(C)nc21. The summed E-state index contributed by atoms with van der Waals surface area (Å²) in [6, 6.07) is 4.82. The van der Waals surface area contributed by atoms with Crippen LogP contribution in [0.5, 0.6) is 0 Å². The lowest BCUT2D eigenvalue weighted by Crippen LogP contribution is -2.22. The molecule has 0 spiro atoms. The van der Waals surface area contributed by atoms with E-state index in [0.29, 0.717) is 28.2 Å². The van der Waals surface area contributed by atoms with Crippen LogP contribution in [0.2, 0.25) is 0 Å². The van der Waals surface area contributed by atoms with Gasteiger partial charge < -0.3 is 9.30 Å². The van der Waals surface area contributed by atoms with E-state index in [0.717, 1.165) is 37.1 Å². The van der Waals surface area contributed by atoms with Crippen molar-refractivity contribution in [2.75, 3.05) is 0 Å². The number of esters is 1. The standard InChI is InChI=1S/C23H22N4O4S/c1-3-26-11-16(20(29)15-9-8-13(2)24-21(15)26)22(30)31-12-14-10-19(28)27-17-6-4-5-7-18(17)32-23(27)25-14/h8-11H,3-7,12H2,1-2H3. The number of pyridine rings is 2. The second-order valence-electron chi connectivity index (χ2n) is 7.94. The molecule has 4 aromatic rings. The van der Waals surface area contributed by atoms with Crippen LogP contribution in [0.1, 0.15) is 52.1 Å². The van der Waals surface area contributed by atoms with E-state index in [-0.39, 0.29) is 17.7 Å². The van der Waals surface area contributed by atoms with Gasteiger partial charge in [0.1, 0.15) is 17.8 Å².